The molecule has 0 aromatic heterocycles. The Morgan fingerprint density at radius 3 is 2.59 bits per heavy atom. The van der Waals surface area contributed by atoms with Crippen LogP contribution in [-0.2, 0) is 19.1 Å². The van der Waals surface area contributed by atoms with E-state index >= 15 is 0 Å². The molecule has 3 heterocycles. The number of ether oxygens (including phenoxy) is 1. The quantitative estimate of drug-likeness (QED) is 0.387. The van der Waals surface area contributed by atoms with Gasteiger partial charge in [0.1, 0.15) is 6.04 Å². The van der Waals surface area contributed by atoms with Gasteiger partial charge in [0, 0.05) is 16.1 Å². The Morgan fingerprint density at radius 1 is 1.31 bits per heavy atom. The Balaban J connectivity index is 1.73. The van der Waals surface area contributed by atoms with Gasteiger partial charge in [-0.2, -0.15) is 0 Å². The smallest absolute Gasteiger partial charge is 0.310 e. The summed E-state index contributed by atoms with van der Waals surface area (Å²) in [7, 11) is 0. The molecule has 32 heavy (non-hydrogen) atoms. The average molecular weight is 532 g/mol. The Hall–Kier alpha value is -0.800. The Kier molecular flexibility index (Phi) is 7.18. The van der Waals surface area contributed by atoms with E-state index < -0.39 is 28.7 Å². The van der Waals surface area contributed by atoms with E-state index in [1.807, 2.05) is 13.8 Å². The van der Waals surface area contributed by atoms with Crippen LogP contribution < -0.4 is 5.32 Å². The summed E-state index contributed by atoms with van der Waals surface area (Å²) in [6, 6.07) is -1.05. The second kappa shape index (κ2) is 9.45. The Labute approximate surface area is 202 Å². The van der Waals surface area contributed by atoms with Crippen LogP contribution in [0, 0.1) is 17.8 Å². The van der Waals surface area contributed by atoms with Crippen LogP contribution in [0.4, 0.5) is 0 Å². The molecule has 7 nitrogen and oxygen atoms in total. The number of halogens is 1. The van der Waals surface area contributed by atoms with Crippen LogP contribution in [0.5, 0.6) is 0 Å². The Morgan fingerprint density at radius 2 is 2.00 bits per heavy atom. The fraction of sp³-hybridized carbons (Fsp3) is 0.870. The number of hydrogen-bond acceptors (Lipinski definition) is 6. The molecular weight excluding hydrogens is 496 g/mol. The van der Waals surface area contributed by atoms with Gasteiger partial charge in [-0.05, 0) is 32.1 Å². The third-order valence-corrected chi connectivity index (χ3v) is 11.0. The van der Waals surface area contributed by atoms with E-state index in [-0.39, 0.29) is 53.0 Å². The number of carbonyl (C=O) groups is 3. The van der Waals surface area contributed by atoms with Crippen molar-refractivity contribution in [2.24, 2.45) is 17.8 Å². The molecule has 4 aliphatic rings. The number of carbonyl (C=O) groups excluding carboxylic acids is 3. The summed E-state index contributed by atoms with van der Waals surface area (Å²) in [5.74, 6) is -1.87. The largest absolute Gasteiger partial charge is 0.466 e. The summed E-state index contributed by atoms with van der Waals surface area (Å²) in [5.41, 5.74) is 0. The van der Waals surface area contributed by atoms with Crippen LogP contribution in [0.25, 0.3) is 0 Å². The summed E-state index contributed by atoms with van der Waals surface area (Å²) >= 11 is 5.36. The highest BCUT2D eigenvalue weighted by Gasteiger charge is 2.76. The number of fused-ring (bicyclic) bond motifs is 1. The van der Waals surface area contributed by atoms with Gasteiger partial charge in [-0.3, -0.25) is 14.4 Å². The number of amides is 2. The molecule has 1 spiro atoms. The summed E-state index contributed by atoms with van der Waals surface area (Å²) in [6.45, 7) is 5.72. The van der Waals surface area contributed by atoms with Crippen LogP contribution >= 0.6 is 27.7 Å². The first kappa shape index (κ1) is 24.3. The number of nitrogens with one attached hydrogen (secondary N) is 1. The number of aliphatic hydroxyl groups is 1. The number of likely N-dealkylation sites (tertiary alicyclic amines) is 1. The van der Waals surface area contributed by atoms with Crippen molar-refractivity contribution in [2.75, 3.05) is 13.2 Å². The zero-order chi connectivity index (χ0) is 23.2. The van der Waals surface area contributed by atoms with Crippen molar-refractivity contribution < 1.29 is 24.2 Å². The molecule has 2 bridgehead atoms. The number of alkyl halides is 1. The Bertz CT molecular complexity index is 761. The highest BCUT2D eigenvalue weighted by atomic mass is 79.9. The molecule has 1 saturated carbocycles. The van der Waals surface area contributed by atoms with E-state index in [2.05, 4.69) is 21.2 Å². The standard InChI is InChI=1S/C23H35BrN2O5S/c1-4-31-22(30)16-17-21(29)26(15(11-27)12(2)3)19(23(17)10-14(24)18(16)32-23)20(28)25-13-8-6-5-7-9-13/h12-19,27H,4-11H2,1-3H3,(H,25,28)/t14?,15-,16+,17-,18+,19?,23?/m0/s1. The van der Waals surface area contributed by atoms with Gasteiger partial charge in [-0.1, -0.05) is 49.0 Å². The maximum Gasteiger partial charge on any atom is 0.310 e. The molecule has 180 valence electrons. The van der Waals surface area contributed by atoms with E-state index in [4.69, 9.17) is 4.74 Å². The molecule has 0 aromatic carbocycles. The van der Waals surface area contributed by atoms with Crippen molar-refractivity contribution in [1.29, 1.82) is 0 Å². The highest BCUT2D eigenvalue weighted by molar-refractivity contribution is 9.09. The van der Waals surface area contributed by atoms with Gasteiger partial charge in [-0.15, -0.1) is 11.8 Å². The topological polar surface area (TPSA) is 95.9 Å². The van der Waals surface area contributed by atoms with E-state index in [1.54, 1.807) is 23.6 Å². The highest BCUT2D eigenvalue weighted by Crippen LogP contribution is 2.68. The molecule has 7 atom stereocenters. The number of aliphatic hydroxyl groups excluding tert-OH is 1. The van der Waals surface area contributed by atoms with Crippen molar-refractivity contribution in [1.82, 2.24) is 10.2 Å². The lowest BCUT2D eigenvalue weighted by atomic mass is 9.71. The number of hydrogen-bond donors (Lipinski definition) is 2. The number of thioether (sulfide) groups is 1. The SMILES string of the molecule is CCOC(=O)[C@H]1[C@@H]2SC3(CC2Br)C(C(=O)NC2CCCCC2)N([C@@H](CO)C(C)C)C(=O)[C@H]13. The van der Waals surface area contributed by atoms with Gasteiger partial charge in [0.05, 0.1) is 35.8 Å². The van der Waals surface area contributed by atoms with Crippen LogP contribution in [0.15, 0.2) is 0 Å². The summed E-state index contributed by atoms with van der Waals surface area (Å²) in [5, 5.41) is 13.4. The minimum Gasteiger partial charge on any atom is -0.466 e. The van der Waals surface area contributed by atoms with Gasteiger partial charge in [-0.25, -0.2) is 0 Å². The molecule has 3 saturated heterocycles. The van der Waals surface area contributed by atoms with Gasteiger partial charge in [0.15, 0.2) is 0 Å². The van der Waals surface area contributed by atoms with E-state index in [0.717, 1.165) is 25.7 Å². The average Bonchev–Trinajstić information content (AvgIpc) is 3.33. The molecule has 9 heteroatoms. The first-order valence-electron chi connectivity index (χ1n) is 12.0. The van der Waals surface area contributed by atoms with Gasteiger partial charge < -0.3 is 20.1 Å². The lowest BCUT2D eigenvalue weighted by molar-refractivity contribution is -0.154. The predicted molar refractivity (Wildman–Crippen MR) is 126 cm³/mol. The molecule has 3 unspecified atom stereocenters. The lowest BCUT2D eigenvalue weighted by Gasteiger charge is -2.39. The van der Waals surface area contributed by atoms with Crippen molar-refractivity contribution in [2.45, 2.75) is 92.2 Å². The van der Waals surface area contributed by atoms with Gasteiger partial charge in [0.25, 0.3) is 0 Å². The van der Waals surface area contributed by atoms with Gasteiger partial charge in [0.2, 0.25) is 11.8 Å². The fourth-order valence-electron chi connectivity index (χ4n) is 6.38. The number of nitrogens with zero attached hydrogens (tertiary/aromatic N) is 1. The molecule has 3 aliphatic heterocycles. The molecule has 2 amide bonds. The van der Waals surface area contributed by atoms with Crippen molar-refractivity contribution in [3.63, 3.8) is 0 Å². The molecule has 1 aliphatic carbocycles. The van der Waals surface area contributed by atoms with E-state index in [9.17, 15) is 19.5 Å². The van der Waals surface area contributed by atoms with Crippen LogP contribution in [0.2, 0.25) is 0 Å². The first-order valence-corrected chi connectivity index (χ1v) is 13.8. The monoisotopic (exact) mass is 530 g/mol. The normalized spacial score (nSPS) is 37.6. The first-order chi connectivity index (χ1) is 15.3. The number of rotatable bonds is 7. The zero-order valence-corrected chi connectivity index (χ0v) is 21.5. The molecule has 4 rings (SSSR count). The predicted octanol–water partition coefficient (Wildman–Crippen LogP) is 2.48. The van der Waals surface area contributed by atoms with Crippen LogP contribution in [0.3, 0.4) is 0 Å². The second-order valence-corrected chi connectivity index (χ2v) is 12.7. The van der Waals surface area contributed by atoms with E-state index in [1.165, 1.54) is 6.42 Å². The minimum atomic E-state index is -0.698. The second-order valence-electron chi connectivity index (χ2n) is 10.00. The van der Waals surface area contributed by atoms with Gasteiger partial charge >= 0.3 is 5.97 Å². The zero-order valence-electron chi connectivity index (χ0n) is 19.1. The van der Waals surface area contributed by atoms with Crippen molar-refractivity contribution in [3.05, 3.63) is 0 Å². The number of esters is 1. The third kappa shape index (κ3) is 3.80. The lowest BCUT2D eigenvalue weighted by Crippen LogP contribution is -2.59. The summed E-state index contributed by atoms with van der Waals surface area (Å²) in [6.07, 6.45) is 5.95. The van der Waals surface area contributed by atoms with Crippen LogP contribution in [0.1, 0.15) is 59.3 Å². The van der Waals surface area contributed by atoms with E-state index in [0.29, 0.717) is 6.42 Å². The van der Waals surface area contributed by atoms with Crippen molar-refractivity contribution >= 4 is 45.5 Å². The minimum absolute atomic E-state index is 0.0211. The molecule has 0 aromatic rings. The summed E-state index contributed by atoms with van der Waals surface area (Å²) < 4.78 is 4.69. The fourth-order valence-corrected chi connectivity index (χ4v) is 9.97. The molecular formula is C23H35BrN2O5S. The summed E-state index contributed by atoms with van der Waals surface area (Å²) in [4.78, 5) is 42.3. The third-order valence-electron chi connectivity index (χ3n) is 7.80. The maximum atomic E-state index is 13.9. The molecule has 4 fully saturated rings. The molecule has 0 radical (unpaired) electrons. The van der Waals surface area contributed by atoms with Crippen LogP contribution in [-0.4, -0.2) is 74.0 Å². The maximum absolute atomic E-state index is 13.9. The van der Waals surface area contributed by atoms with Crippen molar-refractivity contribution in [3.8, 4) is 0 Å². The molecule has 2 N–H and O–H groups in total.